The molecule has 136 valence electrons. The molecule has 0 radical (unpaired) electrons. The predicted octanol–water partition coefficient (Wildman–Crippen LogP) is 7.13. The molecule has 0 aliphatic carbocycles. The summed E-state index contributed by atoms with van der Waals surface area (Å²) in [7, 11) is -2.71. The van der Waals surface area contributed by atoms with Crippen LogP contribution in [0.25, 0.3) is 9.81 Å². The molecule has 0 spiro atoms. The van der Waals surface area contributed by atoms with Crippen molar-refractivity contribution in [1.29, 1.82) is 0 Å². The second-order valence-corrected chi connectivity index (χ2v) is 9.96. The van der Waals surface area contributed by atoms with Crippen molar-refractivity contribution in [2.45, 2.75) is 26.7 Å². The lowest BCUT2D eigenvalue weighted by molar-refractivity contribution is 0.419. The molecule has 3 rings (SSSR count). The second kappa shape index (κ2) is 8.90. The van der Waals surface area contributed by atoms with Gasteiger partial charge in [0.25, 0.3) is 0 Å². The van der Waals surface area contributed by atoms with Gasteiger partial charge in [-0.1, -0.05) is 86.3 Å². The van der Waals surface area contributed by atoms with Crippen molar-refractivity contribution in [1.82, 2.24) is 4.67 Å². The van der Waals surface area contributed by atoms with Crippen LogP contribution in [0.3, 0.4) is 0 Å². The van der Waals surface area contributed by atoms with Gasteiger partial charge >= 0.3 is 0 Å². The fraction of sp³-hybridized carbons (Fsp3) is 0.273. The van der Waals surface area contributed by atoms with Crippen LogP contribution in [0, 0.1) is 0 Å². The van der Waals surface area contributed by atoms with Gasteiger partial charge in [-0.2, -0.15) is 0 Å². The van der Waals surface area contributed by atoms with Gasteiger partial charge in [0.05, 0.1) is 0 Å². The summed E-state index contributed by atoms with van der Waals surface area (Å²) < 4.78 is 16.2. The minimum Gasteiger partial charge on any atom is -0.297 e. The first-order chi connectivity index (χ1) is 12.7. The van der Waals surface area contributed by atoms with E-state index in [9.17, 15) is 4.57 Å². The van der Waals surface area contributed by atoms with Crippen LogP contribution in [0.4, 0.5) is 0 Å². The molecule has 0 N–H and O–H groups in total. The molecule has 0 unspecified atom stereocenters. The Morgan fingerprint density at radius 2 is 1.19 bits per heavy atom. The first kappa shape index (κ1) is 19.2. The summed E-state index contributed by atoms with van der Waals surface area (Å²) in [6.07, 6.45) is 2.00. The molecule has 0 atom stereocenters. The van der Waals surface area contributed by atoms with Crippen LogP contribution in [0.15, 0.2) is 72.3 Å². The highest BCUT2D eigenvalue weighted by molar-refractivity contribution is 8.17. The van der Waals surface area contributed by atoms with Gasteiger partial charge in [0.1, 0.15) is 0 Å². The summed E-state index contributed by atoms with van der Waals surface area (Å²) in [5.41, 5.74) is 2.26. The molecule has 1 aliphatic heterocycles. The van der Waals surface area contributed by atoms with Crippen molar-refractivity contribution in [3.05, 3.63) is 83.4 Å². The smallest absolute Gasteiger partial charge is 0.195 e. The zero-order valence-electron chi connectivity index (χ0n) is 15.5. The van der Waals surface area contributed by atoms with E-state index in [1.54, 1.807) is 11.8 Å². The normalized spacial score (nSPS) is 16.3. The molecule has 0 saturated carbocycles. The van der Waals surface area contributed by atoms with Crippen LogP contribution < -0.4 is 0 Å². The minimum atomic E-state index is -2.71. The first-order valence-electron chi connectivity index (χ1n) is 9.25. The Bertz CT molecular complexity index is 764. The van der Waals surface area contributed by atoms with E-state index in [1.165, 1.54) is 0 Å². The number of hydrogen-bond acceptors (Lipinski definition) is 2. The van der Waals surface area contributed by atoms with Crippen molar-refractivity contribution in [3.8, 4) is 0 Å². The maximum atomic E-state index is 14.0. The Balaban J connectivity index is 2.08. The molecule has 2 aromatic carbocycles. The third-order valence-electron chi connectivity index (χ3n) is 4.35. The Kier molecular flexibility index (Phi) is 6.58. The number of benzene rings is 2. The largest absolute Gasteiger partial charge is 0.297 e. The van der Waals surface area contributed by atoms with E-state index >= 15 is 0 Å². The lowest BCUT2D eigenvalue weighted by atomic mass is 10.2. The van der Waals surface area contributed by atoms with Gasteiger partial charge in [-0.15, -0.1) is 0 Å². The maximum absolute atomic E-state index is 14.0. The van der Waals surface area contributed by atoms with Gasteiger partial charge < -0.3 is 0 Å². The molecule has 0 amide bonds. The van der Waals surface area contributed by atoms with Gasteiger partial charge in [0.2, 0.25) is 0 Å². The van der Waals surface area contributed by atoms with E-state index < -0.39 is 7.29 Å². The number of nitrogens with zero attached hydrogens (tertiary/aromatic N) is 1. The fourth-order valence-electron chi connectivity index (χ4n) is 3.12. The van der Waals surface area contributed by atoms with E-state index in [0.717, 1.165) is 46.9 Å². The number of hydrogen-bond donors (Lipinski definition) is 0. The third-order valence-corrected chi connectivity index (χ3v) is 8.38. The topological polar surface area (TPSA) is 20.3 Å². The number of rotatable bonds is 7. The predicted molar refractivity (Wildman–Crippen MR) is 116 cm³/mol. The standard InChI is InChI=1S/C22H26NOPS/c1-3-15-23(16-4-2)25(24)17-21(19-11-7-5-8-12-19)26-22(18-25)20-13-9-6-10-14-20/h5-14,17-18H,3-4,15-16H2,1-2H3. The van der Waals surface area contributed by atoms with Crippen LogP contribution in [0.1, 0.15) is 37.8 Å². The molecule has 4 heteroatoms. The molecule has 0 fully saturated rings. The lowest BCUT2D eigenvalue weighted by Gasteiger charge is -2.31. The third kappa shape index (κ3) is 4.40. The second-order valence-electron chi connectivity index (χ2n) is 6.45. The van der Waals surface area contributed by atoms with Crippen LogP contribution in [-0.4, -0.2) is 17.8 Å². The molecule has 0 aromatic heterocycles. The summed E-state index contributed by atoms with van der Waals surface area (Å²) in [4.78, 5) is 2.18. The average molecular weight is 383 g/mol. The van der Waals surface area contributed by atoms with Crippen molar-refractivity contribution < 1.29 is 4.57 Å². The van der Waals surface area contributed by atoms with Gasteiger partial charge in [-0.3, -0.25) is 4.57 Å². The minimum absolute atomic E-state index is 0.854. The van der Waals surface area contributed by atoms with E-state index in [4.69, 9.17) is 0 Å². The molecule has 0 bridgehead atoms. The van der Waals surface area contributed by atoms with E-state index in [2.05, 4.69) is 42.8 Å². The Labute approximate surface area is 161 Å². The summed E-state index contributed by atoms with van der Waals surface area (Å²) in [5, 5.41) is 0. The maximum Gasteiger partial charge on any atom is 0.195 e. The average Bonchev–Trinajstić information content (AvgIpc) is 2.69. The van der Waals surface area contributed by atoms with E-state index in [0.29, 0.717) is 0 Å². The Morgan fingerprint density at radius 3 is 1.58 bits per heavy atom. The highest BCUT2D eigenvalue weighted by Gasteiger charge is 2.31. The summed E-state index contributed by atoms with van der Waals surface area (Å²) in [6.45, 7) is 6.01. The van der Waals surface area contributed by atoms with Gasteiger partial charge in [0, 0.05) is 34.5 Å². The van der Waals surface area contributed by atoms with Crippen LogP contribution in [0.5, 0.6) is 0 Å². The molecule has 2 nitrogen and oxygen atoms in total. The highest BCUT2D eigenvalue weighted by atomic mass is 32.2. The van der Waals surface area contributed by atoms with Crippen molar-refractivity contribution in [2.24, 2.45) is 0 Å². The Morgan fingerprint density at radius 1 is 0.769 bits per heavy atom. The molecule has 1 aliphatic rings. The van der Waals surface area contributed by atoms with Crippen LogP contribution >= 0.6 is 19.1 Å². The highest BCUT2D eigenvalue weighted by Crippen LogP contribution is 2.63. The zero-order valence-corrected chi connectivity index (χ0v) is 17.2. The molecular formula is C22H26NOPS. The van der Waals surface area contributed by atoms with Gasteiger partial charge in [0.15, 0.2) is 7.29 Å². The lowest BCUT2D eigenvalue weighted by Crippen LogP contribution is -2.21. The van der Waals surface area contributed by atoms with Crippen LogP contribution in [0.2, 0.25) is 0 Å². The van der Waals surface area contributed by atoms with Gasteiger partial charge in [-0.05, 0) is 24.0 Å². The van der Waals surface area contributed by atoms with Crippen molar-refractivity contribution in [2.75, 3.05) is 13.1 Å². The zero-order chi connectivity index (χ0) is 18.4. The molecule has 0 saturated heterocycles. The van der Waals surface area contributed by atoms with Crippen LogP contribution in [-0.2, 0) is 4.57 Å². The Hall–Kier alpha value is -1.54. The SMILES string of the molecule is CCCN(CCC)P1(=O)C=C(c2ccccc2)SC(c2ccccc2)=C1. The fourth-order valence-corrected chi connectivity index (χ4v) is 7.59. The summed E-state index contributed by atoms with van der Waals surface area (Å²) in [6, 6.07) is 20.6. The summed E-state index contributed by atoms with van der Waals surface area (Å²) >= 11 is 1.72. The summed E-state index contributed by atoms with van der Waals surface area (Å²) in [5.74, 6) is 4.04. The molecule has 1 heterocycles. The van der Waals surface area contributed by atoms with E-state index in [1.807, 2.05) is 48.0 Å². The van der Waals surface area contributed by atoms with Crippen molar-refractivity contribution >= 4 is 28.9 Å². The van der Waals surface area contributed by atoms with Crippen molar-refractivity contribution in [3.63, 3.8) is 0 Å². The number of thioether (sulfide) groups is 1. The van der Waals surface area contributed by atoms with E-state index in [-0.39, 0.29) is 0 Å². The van der Waals surface area contributed by atoms with Gasteiger partial charge in [-0.25, -0.2) is 4.67 Å². The molecule has 26 heavy (non-hydrogen) atoms. The monoisotopic (exact) mass is 383 g/mol. The quantitative estimate of drug-likeness (QED) is 0.474. The molecular weight excluding hydrogens is 357 g/mol. The first-order valence-corrected chi connectivity index (χ1v) is 11.9. The molecule has 2 aromatic rings.